The van der Waals surface area contributed by atoms with Gasteiger partial charge in [0, 0.05) is 12.4 Å². The molecule has 0 amide bonds. The van der Waals surface area contributed by atoms with Gasteiger partial charge < -0.3 is 5.11 Å². The van der Waals surface area contributed by atoms with Crippen molar-refractivity contribution in [1.29, 1.82) is 0 Å². The summed E-state index contributed by atoms with van der Waals surface area (Å²) >= 11 is 0. The Bertz CT molecular complexity index is 535. The Morgan fingerprint density at radius 2 is 1.84 bits per heavy atom. The molecule has 0 saturated carbocycles. The van der Waals surface area contributed by atoms with Gasteiger partial charge in [0.1, 0.15) is 6.10 Å². The van der Waals surface area contributed by atoms with Crippen LogP contribution in [-0.4, -0.2) is 15.1 Å². The summed E-state index contributed by atoms with van der Waals surface area (Å²) in [5.41, 5.74) is 3.07. The lowest BCUT2D eigenvalue weighted by atomic mass is 9.99. The third-order valence-corrected chi connectivity index (χ3v) is 2.96. The SMILES string of the molecule is Cc1cnc(C(O)c2cccc(CC(C)C)c2)nc1. The molecule has 1 heterocycles. The predicted molar refractivity (Wildman–Crippen MR) is 75.8 cm³/mol. The van der Waals surface area contributed by atoms with E-state index >= 15 is 0 Å². The van der Waals surface area contributed by atoms with Crippen molar-refractivity contribution in [1.82, 2.24) is 9.97 Å². The van der Waals surface area contributed by atoms with Gasteiger partial charge in [-0.1, -0.05) is 38.1 Å². The number of hydrogen-bond acceptors (Lipinski definition) is 3. The molecule has 3 nitrogen and oxygen atoms in total. The van der Waals surface area contributed by atoms with Crippen LogP contribution < -0.4 is 0 Å². The van der Waals surface area contributed by atoms with Gasteiger partial charge in [0.15, 0.2) is 5.82 Å². The zero-order valence-corrected chi connectivity index (χ0v) is 11.7. The lowest BCUT2D eigenvalue weighted by Gasteiger charge is -2.12. The van der Waals surface area contributed by atoms with Crippen molar-refractivity contribution in [2.75, 3.05) is 0 Å². The summed E-state index contributed by atoms with van der Waals surface area (Å²) in [5, 5.41) is 10.3. The van der Waals surface area contributed by atoms with Crippen molar-refractivity contribution in [3.63, 3.8) is 0 Å². The fourth-order valence-corrected chi connectivity index (χ4v) is 2.05. The predicted octanol–water partition coefficient (Wildman–Crippen LogP) is 3.07. The number of hydrogen-bond donors (Lipinski definition) is 1. The van der Waals surface area contributed by atoms with Gasteiger partial charge in [-0.15, -0.1) is 0 Å². The summed E-state index contributed by atoms with van der Waals surface area (Å²) in [4.78, 5) is 8.37. The highest BCUT2D eigenvalue weighted by Crippen LogP contribution is 2.20. The summed E-state index contributed by atoms with van der Waals surface area (Å²) < 4.78 is 0. The van der Waals surface area contributed by atoms with E-state index in [2.05, 4.69) is 29.9 Å². The Kier molecular flexibility index (Phi) is 4.27. The molecular formula is C16H20N2O. The van der Waals surface area contributed by atoms with Crippen LogP contribution in [0.25, 0.3) is 0 Å². The average molecular weight is 256 g/mol. The molecule has 0 fully saturated rings. The second kappa shape index (κ2) is 5.93. The van der Waals surface area contributed by atoms with E-state index in [-0.39, 0.29) is 0 Å². The minimum Gasteiger partial charge on any atom is -0.380 e. The molecule has 0 radical (unpaired) electrons. The number of aromatic nitrogens is 2. The molecular weight excluding hydrogens is 236 g/mol. The van der Waals surface area contributed by atoms with Crippen LogP contribution in [0.2, 0.25) is 0 Å². The zero-order chi connectivity index (χ0) is 13.8. The maximum absolute atomic E-state index is 10.3. The first-order valence-corrected chi connectivity index (χ1v) is 6.61. The fraction of sp³-hybridized carbons (Fsp3) is 0.375. The van der Waals surface area contributed by atoms with Crippen molar-refractivity contribution >= 4 is 0 Å². The van der Waals surface area contributed by atoms with Gasteiger partial charge in [0.05, 0.1) is 0 Å². The smallest absolute Gasteiger partial charge is 0.161 e. The van der Waals surface area contributed by atoms with Crippen LogP contribution in [0.3, 0.4) is 0 Å². The molecule has 0 aliphatic heterocycles. The van der Waals surface area contributed by atoms with Crippen LogP contribution in [0, 0.1) is 12.8 Å². The van der Waals surface area contributed by atoms with Crippen LogP contribution in [0.1, 0.15) is 42.5 Å². The van der Waals surface area contributed by atoms with Gasteiger partial charge >= 0.3 is 0 Å². The topological polar surface area (TPSA) is 46.0 Å². The Morgan fingerprint density at radius 1 is 1.16 bits per heavy atom. The average Bonchev–Trinajstić information content (AvgIpc) is 2.38. The molecule has 1 aromatic heterocycles. The van der Waals surface area contributed by atoms with Crippen LogP contribution in [0.5, 0.6) is 0 Å². The van der Waals surface area contributed by atoms with E-state index in [0.717, 1.165) is 17.5 Å². The van der Waals surface area contributed by atoms with Crippen molar-refractivity contribution in [2.24, 2.45) is 5.92 Å². The Labute approximate surface area is 114 Å². The molecule has 1 N–H and O–H groups in total. The third kappa shape index (κ3) is 3.61. The van der Waals surface area contributed by atoms with Crippen LogP contribution in [-0.2, 0) is 6.42 Å². The number of rotatable bonds is 4. The molecule has 100 valence electrons. The van der Waals surface area contributed by atoms with E-state index in [1.165, 1.54) is 5.56 Å². The maximum atomic E-state index is 10.3. The minimum absolute atomic E-state index is 0.451. The molecule has 2 aromatic rings. The molecule has 0 spiro atoms. The van der Waals surface area contributed by atoms with Crippen LogP contribution >= 0.6 is 0 Å². The van der Waals surface area contributed by atoms with Gasteiger partial charge in [-0.3, -0.25) is 0 Å². The minimum atomic E-state index is -0.757. The molecule has 1 unspecified atom stereocenters. The number of aliphatic hydroxyl groups is 1. The molecule has 2 rings (SSSR count). The van der Waals surface area contributed by atoms with Gasteiger partial charge in [0.25, 0.3) is 0 Å². The number of benzene rings is 1. The third-order valence-electron chi connectivity index (χ3n) is 2.96. The molecule has 0 saturated heterocycles. The second-order valence-electron chi connectivity index (χ2n) is 5.36. The maximum Gasteiger partial charge on any atom is 0.161 e. The van der Waals surface area contributed by atoms with Crippen molar-refractivity contribution in [3.05, 3.63) is 59.2 Å². The summed E-state index contributed by atoms with van der Waals surface area (Å²) in [6.45, 7) is 6.30. The van der Waals surface area contributed by atoms with Crippen molar-refractivity contribution < 1.29 is 5.11 Å². The monoisotopic (exact) mass is 256 g/mol. The highest BCUT2D eigenvalue weighted by Gasteiger charge is 2.13. The first kappa shape index (κ1) is 13.7. The summed E-state index contributed by atoms with van der Waals surface area (Å²) in [6.07, 6.45) is 3.70. The lowest BCUT2D eigenvalue weighted by Crippen LogP contribution is -2.06. The molecule has 0 aliphatic carbocycles. The van der Waals surface area contributed by atoms with E-state index < -0.39 is 6.10 Å². The van der Waals surface area contributed by atoms with Crippen LogP contribution in [0.4, 0.5) is 0 Å². The van der Waals surface area contributed by atoms with Crippen molar-refractivity contribution in [3.8, 4) is 0 Å². The Balaban J connectivity index is 2.23. The second-order valence-corrected chi connectivity index (χ2v) is 5.36. The van der Waals surface area contributed by atoms with E-state index in [9.17, 15) is 5.11 Å². The quantitative estimate of drug-likeness (QED) is 0.914. The Hall–Kier alpha value is -1.74. The number of nitrogens with zero attached hydrogens (tertiary/aromatic N) is 2. The van der Waals surface area contributed by atoms with Crippen molar-refractivity contribution in [2.45, 2.75) is 33.3 Å². The molecule has 0 aliphatic rings. The fourth-order valence-electron chi connectivity index (χ4n) is 2.05. The first-order valence-electron chi connectivity index (χ1n) is 6.61. The van der Waals surface area contributed by atoms with Gasteiger partial charge in [0.2, 0.25) is 0 Å². The van der Waals surface area contributed by atoms with Crippen LogP contribution in [0.15, 0.2) is 36.7 Å². The standard InChI is InChI=1S/C16H20N2O/c1-11(2)7-13-5-4-6-14(8-13)15(19)16-17-9-12(3)10-18-16/h4-6,8-11,15,19H,7H2,1-3H3. The molecule has 19 heavy (non-hydrogen) atoms. The molecule has 1 aromatic carbocycles. The first-order chi connectivity index (χ1) is 9.06. The molecule has 1 atom stereocenters. The van der Waals surface area contributed by atoms with E-state index in [0.29, 0.717) is 11.7 Å². The molecule has 0 bridgehead atoms. The molecule has 3 heteroatoms. The summed E-state index contributed by atoms with van der Waals surface area (Å²) in [6, 6.07) is 8.02. The number of aryl methyl sites for hydroxylation is 1. The largest absolute Gasteiger partial charge is 0.380 e. The van der Waals surface area contributed by atoms with E-state index in [1.54, 1.807) is 12.4 Å². The summed E-state index contributed by atoms with van der Waals surface area (Å²) in [5.74, 6) is 1.05. The lowest BCUT2D eigenvalue weighted by molar-refractivity contribution is 0.209. The Morgan fingerprint density at radius 3 is 2.47 bits per heavy atom. The highest BCUT2D eigenvalue weighted by atomic mass is 16.3. The zero-order valence-electron chi connectivity index (χ0n) is 11.7. The van der Waals surface area contributed by atoms with E-state index in [4.69, 9.17) is 0 Å². The van der Waals surface area contributed by atoms with Gasteiger partial charge in [-0.05, 0) is 36.0 Å². The normalized spacial score (nSPS) is 12.7. The summed E-state index contributed by atoms with van der Waals surface area (Å²) in [7, 11) is 0. The van der Waals surface area contributed by atoms with E-state index in [1.807, 2.05) is 25.1 Å². The highest BCUT2D eigenvalue weighted by molar-refractivity contribution is 5.28. The number of aliphatic hydroxyl groups excluding tert-OH is 1. The van der Waals surface area contributed by atoms with Gasteiger partial charge in [-0.25, -0.2) is 9.97 Å². The van der Waals surface area contributed by atoms with Gasteiger partial charge in [-0.2, -0.15) is 0 Å².